The number of quaternary nitrogens is 1. The van der Waals surface area contributed by atoms with Crippen LogP contribution in [0.3, 0.4) is 0 Å². The van der Waals surface area contributed by atoms with E-state index in [2.05, 4.69) is 5.32 Å². The number of para-hydroxylation sites is 1. The summed E-state index contributed by atoms with van der Waals surface area (Å²) >= 11 is 0. The van der Waals surface area contributed by atoms with E-state index in [4.69, 9.17) is 10.2 Å². The Balaban J connectivity index is 1.87. The number of anilines is 1. The Morgan fingerprint density at radius 3 is 2.70 bits per heavy atom. The van der Waals surface area contributed by atoms with Gasteiger partial charge in [-0.05, 0) is 24.3 Å². The molecule has 0 aliphatic heterocycles. The van der Waals surface area contributed by atoms with E-state index in [9.17, 15) is 9.59 Å². The number of carbonyl (C=O) groups excluding carboxylic acids is 2. The highest BCUT2D eigenvalue weighted by atomic mass is 16.3. The molecular formula is C14H16N3O3+. The molecule has 0 saturated carbocycles. The summed E-state index contributed by atoms with van der Waals surface area (Å²) in [7, 11) is 0. The molecule has 2 amide bonds. The number of furan rings is 1. The standard InChI is InChI=1S/C14H15N3O3/c15-14(19)11-5-1-2-6-12(11)17-13(18)9-16-8-10-4-3-7-20-10/h1-7,16H,8-9H2,(H2,15,19)(H,17,18)/p+1. The second kappa shape index (κ2) is 6.53. The van der Waals surface area contributed by atoms with Gasteiger partial charge < -0.3 is 20.8 Å². The van der Waals surface area contributed by atoms with E-state index in [1.807, 2.05) is 6.07 Å². The minimum absolute atomic E-state index is 0.203. The summed E-state index contributed by atoms with van der Waals surface area (Å²) in [6.45, 7) is 0.811. The zero-order valence-electron chi connectivity index (χ0n) is 10.8. The molecule has 0 bridgehead atoms. The maximum absolute atomic E-state index is 11.8. The first kappa shape index (κ1) is 13.8. The van der Waals surface area contributed by atoms with E-state index < -0.39 is 5.91 Å². The molecule has 0 spiro atoms. The molecule has 0 aliphatic rings. The van der Waals surface area contributed by atoms with Crippen molar-refractivity contribution in [2.45, 2.75) is 6.54 Å². The Morgan fingerprint density at radius 2 is 2.00 bits per heavy atom. The SMILES string of the molecule is NC(=O)c1ccccc1NC(=O)C[NH2+]Cc1ccco1. The number of carbonyl (C=O) groups is 2. The lowest BCUT2D eigenvalue weighted by Crippen LogP contribution is -2.84. The first-order valence-corrected chi connectivity index (χ1v) is 6.19. The van der Waals surface area contributed by atoms with Gasteiger partial charge >= 0.3 is 0 Å². The van der Waals surface area contributed by atoms with Gasteiger partial charge in [0.1, 0.15) is 6.54 Å². The summed E-state index contributed by atoms with van der Waals surface area (Å²) in [6, 6.07) is 10.3. The van der Waals surface area contributed by atoms with Gasteiger partial charge in [-0.3, -0.25) is 9.59 Å². The number of hydrogen-bond donors (Lipinski definition) is 3. The first-order valence-electron chi connectivity index (χ1n) is 6.19. The molecule has 5 N–H and O–H groups in total. The van der Waals surface area contributed by atoms with E-state index in [0.717, 1.165) is 5.76 Å². The largest absolute Gasteiger partial charge is 0.463 e. The Bertz CT molecular complexity index is 593. The van der Waals surface area contributed by atoms with Gasteiger partial charge in [-0.25, -0.2) is 0 Å². The topological polar surface area (TPSA) is 102 Å². The van der Waals surface area contributed by atoms with Crippen LogP contribution in [-0.2, 0) is 11.3 Å². The van der Waals surface area contributed by atoms with Gasteiger partial charge in [-0.15, -0.1) is 0 Å². The van der Waals surface area contributed by atoms with E-state index in [-0.39, 0.29) is 12.5 Å². The van der Waals surface area contributed by atoms with Crippen LogP contribution in [0.25, 0.3) is 0 Å². The Labute approximate surface area is 116 Å². The number of benzene rings is 1. The van der Waals surface area contributed by atoms with Crippen LogP contribution in [0.1, 0.15) is 16.1 Å². The Hall–Kier alpha value is -2.60. The smallest absolute Gasteiger partial charge is 0.279 e. The highest BCUT2D eigenvalue weighted by Gasteiger charge is 2.11. The van der Waals surface area contributed by atoms with E-state index in [0.29, 0.717) is 17.8 Å². The van der Waals surface area contributed by atoms with Crippen molar-refractivity contribution in [3.63, 3.8) is 0 Å². The van der Waals surface area contributed by atoms with Crippen molar-refractivity contribution in [2.75, 3.05) is 11.9 Å². The van der Waals surface area contributed by atoms with E-state index in [1.165, 1.54) is 0 Å². The Morgan fingerprint density at radius 1 is 1.20 bits per heavy atom. The highest BCUT2D eigenvalue weighted by molar-refractivity contribution is 6.03. The van der Waals surface area contributed by atoms with Gasteiger partial charge in [0.2, 0.25) is 0 Å². The zero-order valence-corrected chi connectivity index (χ0v) is 10.8. The summed E-state index contributed by atoms with van der Waals surface area (Å²) in [6.07, 6.45) is 1.59. The van der Waals surface area contributed by atoms with Gasteiger partial charge in [-0.1, -0.05) is 12.1 Å². The highest BCUT2D eigenvalue weighted by Crippen LogP contribution is 2.13. The molecule has 0 aliphatic carbocycles. The third-order valence-electron chi connectivity index (χ3n) is 2.72. The molecule has 20 heavy (non-hydrogen) atoms. The van der Waals surface area contributed by atoms with Crippen LogP contribution < -0.4 is 16.4 Å². The lowest BCUT2D eigenvalue weighted by atomic mass is 10.1. The lowest BCUT2D eigenvalue weighted by Gasteiger charge is -2.07. The molecule has 0 unspecified atom stereocenters. The van der Waals surface area contributed by atoms with Crippen LogP contribution >= 0.6 is 0 Å². The second-order valence-electron chi connectivity index (χ2n) is 4.23. The van der Waals surface area contributed by atoms with Crippen molar-refractivity contribution in [3.05, 3.63) is 54.0 Å². The van der Waals surface area contributed by atoms with Gasteiger partial charge in [0.25, 0.3) is 11.8 Å². The molecule has 1 heterocycles. The fourth-order valence-corrected chi connectivity index (χ4v) is 1.78. The normalized spacial score (nSPS) is 10.2. The van der Waals surface area contributed by atoms with Crippen molar-refractivity contribution in [1.29, 1.82) is 0 Å². The average Bonchev–Trinajstić information content (AvgIpc) is 2.92. The first-order chi connectivity index (χ1) is 9.66. The molecule has 0 radical (unpaired) electrons. The maximum Gasteiger partial charge on any atom is 0.279 e. The fraction of sp³-hybridized carbons (Fsp3) is 0.143. The predicted octanol–water partition coefficient (Wildman–Crippen LogP) is 0.0806. The molecule has 6 heteroatoms. The van der Waals surface area contributed by atoms with Crippen molar-refractivity contribution >= 4 is 17.5 Å². The third kappa shape index (κ3) is 3.69. The molecule has 2 rings (SSSR count). The molecule has 2 aromatic rings. The van der Waals surface area contributed by atoms with Gasteiger partial charge in [0, 0.05) is 0 Å². The number of nitrogens with two attached hydrogens (primary N) is 2. The number of nitrogens with one attached hydrogen (secondary N) is 1. The summed E-state index contributed by atoms with van der Waals surface area (Å²) in [4.78, 5) is 23.0. The van der Waals surface area contributed by atoms with Crippen molar-refractivity contribution in [1.82, 2.24) is 0 Å². The average molecular weight is 274 g/mol. The van der Waals surface area contributed by atoms with Gasteiger partial charge in [0.05, 0.1) is 17.5 Å². The van der Waals surface area contributed by atoms with Crippen LogP contribution in [0.4, 0.5) is 5.69 Å². The van der Waals surface area contributed by atoms with Crippen LogP contribution in [-0.4, -0.2) is 18.4 Å². The van der Waals surface area contributed by atoms with Gasteiger partial charge in [-0.2, -0.15) is 0 Å². The van der Waals surface area contributed by atoms with Gasteiger partial charge in [0.15, 0.2) is 12.3 Å². The summed E-state index contributed by atoms with van der Waals surface area (Å²) in [5, 5.41) is 4.48. The van der Waals surface area contributed by atoms with Crippen molar-refractivity contribution in [2.24, 2.45) is 5.73 Å². The number of rotatable bonds is 6. The van der Waals surface area contributed by atoms with Crippen LogP contribution in [0, 0.1) is 0 Å². The Kier molecular flexibility index (Phi) is 4.52. The third-order valence-corrected chi connectivity index (χ3v) is 2.72. The number of primary amides is 1. The molecule has 0 fully saturated rings. The van der Waals surface area contributed by atoms with Crippen molar-refractivity contribution in [3.8, 4) is 0 Å². The minimum atomic E-state index is -0.569. The molecule has 1 aromatic heterocycles. The minimum Gasteiger partial charge on any atom is -0.463 e. The summed E-state index contributed by atoms with van der Waals surface area (Å²) in [5.41, 5.74) is 5.97. The van der Waals surface area contributed by atoms with Crippen LogP contribution in [0.5, 0.6) is 0 Å². The van der Waals surface area contributed by atoms with E-state index >= 15 is 0 Å². The molecular weight excluding hydrogens is 258 g/mol. The molecule has 1 aromatic carbocycles. The van der Waals surface area contributed by atoms with Crippen molar-refractivity contribution < 1.29 is 19.3 Å². The molecule has 104 valence electrons. The van der Waals surface area contributed by atoms with E-state index in [1.54, 1.807) is 41.9 Å². The van der Waals surface area contributed by atoms with Crippen LogP contribution in [0.15, 0.2) is 47.1 Å². The molecule has 6 nitrogen and oxygen atoms in total. The summed E-state index contributed by atoms with van der Waals surface area (Å²) in [5.74, 6) is 0.0288. The monoisotopic (exact) mass is 274 g/mol. The fourth-order valence-electron chi connectivity index (χ4n) is 1.78. The second-order valence-corrected chi connectivity index (χ2v) is 4.23. The summed E-state index contributed by atoms with van der Waals surface area (Å²) < 4.78 is 5.16. The molecule has 0 atom stereocenters. The number of hydrogen-bond acceptors (Lipinski definition) is 3. The number of amides is 2. The molecule has 0 saturated heterocycles. The predicted molar refractivity (Wildman–Crippen MR) is 72.8 cm³/mol. The zero-order chi connectivity index (χ0) is 14.4. The maximum atomic E-state index is 11.8. The quantitative estimate of drug-likeness (QED) is 0.695. The lowest BCUT2D eigenvalue weighted by molar-refractivity contribution is -0.661. The van der Waals surface area contributed by atoms with Crippen LogP contribution in [0.2, 0.25) is 0 Å².